The van der Waals surface area contributed by atoms with E-state index in [0.717, 1.165) is 50.9 Å². The van der Waals surface area contributed by atoms with Crippen molar-refractivity contribution in [1.82, 2.24) is 0 Å². The van der Waals surface area contributed by atoms with Crippen molar-refractivity contribution < 1.29 is 9.47 Å². The molecule has 0 aromatic carbocycles. The highest BCUT2D eigenvalue weighted by Crippen LogP contribution is 2.45. The monoisotopic (exact) mass is 281 g/mol. The molecule has 3 nitrogen and oxygen atoms in total. The Labute approximate surface area is 123 Å². The molecule has 2 saturated heterocycles. The first-order chi connectivity index (χ1) is 9.53. The number of ether oxygens (including phenoxy) is 2. The summed E-state index contributed by atoms with van der Waals surface area (Å²) in [6.07, 6.45) is 8.37. The molecule has 1 spiro atoms. The lowest BCUT2D eigenvalue weighted by Gasteiger charge is -2.48. The van der Waals surface area contributed by atoms with Gasteiger partial charge in [-0.05, 0) is 56.3 Å². The maximum Gasteiger partial charge on any atom is 0.0940 e. The molecule has 0 amide bonds. The van der Waals surface area contributed by atoms with E-state index in [1.54, 1.807) is 0 Å². The maximum absolute atomic E-state index is 6.85. The molecule has 1 aliphatic carbocycles. The normalized spacial score (nSPS) is 46.2. The molecule has 3 heteroatoms. The minimum absolute atomic E-state index is 0.00415. The Kier molecular flexibility index (Phi) is 4.13. The van der Waals surface area contributed by atoms with Gasteiger partial charge in [-0.25, -0.2) is 0 Å². The van der Waals surface area contributed by atoms with E-state index >= 15 is 0 Å². The van der Waals surface area contributed by atoms with Gasteiger partial charge in [0.1, 0.15) is 0 Å². The van der Waals surface area contributed by atoms with E-state index in [0.29, 0.717) is 5.92 Å². The Bertz CT molecular complexity index is 328. The van der Waals surface area contributed by atoms with Gasteiger partial charge in [0.25, 0.3) is 0 Å². The second kappa shape index (κ2) is 5.58. The molecule has 3 fully saturated rings. The van der Waals surface area contributed by atoms with Gasteiger partial charge in [0, 0.05) is 25.2 Å². The van der Waals surface area contributed by atoms with Crippen LogP contribution in [0, 0.1) is 17.8 Å². The summed E-state index contributed by atoms with van der Waals surface area (Å²) >= 11 is 0. The summed E-state index contributed by atoms with van der Waals surface area (Å²) in [5, 5.41) is 0. The third-order valence-electron chi connectivity index (χ3n) is 6.28. The molecule has 2 N–H and O–H groups in total. The molecule has 2 aliphatic heterocycles. The Morgan fingerprint density at radius 2 is 1.80 bits per heavy atom. The first kappa shape index (κ1) is 14.8. The van der Waals surface area contributed by atoms with Gasteiger partial charge in [-0.15, -0.1) is 0 Å². The highest BCUT2D eigenvalue weighted by Gasteiger charge is 2.47. The molecule has 0 aromatic rings. The summed E-state index contributed by atoms with van der Waals surface area (Å²) in [7, 11) is 0. The lowest BCUT2D eigenvalue weighted by Crippen LogP contribution is -2.55. The van der Waals surface area contributed by atoms with Crippen molar-refractivity contribution in [3.8, 4) is 0 Å². The SMILES string of the molecule is CC(C)C1CCC(N)(C2CCOC3(CCOC3)C2)CC1. The van der Waals surface area contributed by atoms with Crippen molar-refractivity contribution in [3.05, 3.63) is 0 Å². The van der Waals surface area contributed by atoms with Crippen molar-refractivity contribution in [2.24, 2.45) is 23.5 Å². The fourth-order valence-electron chi connectivity index (χ4n) is 4.63. The largest absolute Gasteiger partial charge is 0.378 e. The number of hydrogen-bond acceptors (Lipinski definition) is 3. The van der Waals surface area contributed by atoms with E-state index in [1.165, 1.54) is 25.7 Å². The fraction of sp³-hybridized carbons (Fsp3) is 1.00. The highest BCUT2D eigenvalue weighted by molar-refractivity contribution is 5.01. The predicted molar refractivity (Wildman–Crippen MR) is 80.6 cm³/mol. The molecular weight excluding hydrogens is 250 g/mol. The van der Waals surface area contributed by atoms with Gasteiger partial charge < -0.3 is 15.2 Å². The smallest absolute Gasteiger partial charge is 0.0940 e. The zero-order chi connectivity index (χ0) is 14.2. The van der Waals surface area contributed by atoms with Crippen LogP contribution in [0.1, 0.15) is 58.8 Å². The molecule has 3 aliphatic rings. The Balaban J connectivity index is 1.63. The number of hydrogen-bond donors (Lipinski definition) is 1. The van der Waals surface area contributed by atoms with Gasteiger partial charge in [0.15, 0.2) is 0 Å². The molecule has 20 heavy (non-hydrogen) atoms. The molecule has 0 radical (unpaired) electrons. The number of nitrogens with two attached hydrogens (primary N) is 1. The summed E-state index contributed by atoms with van der Waals surface area (Å²) in [6, 6.07) is 0. The summed E-state index contributed by atoms with van der Waals surface area (Å²) in [5.74, 6) is 2.32. The van der Waals surface area contributed by atoms with Crippen molar-refractivity contribution in [2.45, 2.75) is 69.9 Å². The summed E-state index contributed by atoms with van der Waals surface area (Å²) < 4.78 is 11.7. The topological polar surface area (TPSA) is 44.5 Å². The van der Waals surface area contributed by atoms with Gasteiger partial charge in [0.05, 0.1) is 12.2 Å². The summed E-state index contributed by atoms with van der Waals surface area (Å²) in [6.45, 7) is 7.23. The average molecular weight is 281 g/mol. The molecule has 0 bridgehead atoms. The minimum Gasteiger partial charge on any atom is -0.378 e. The first-order valence-electron chi connectivity index (χ1n) is 8.54. The molecule has 116 valence electrons. The molecule has 2 atom stereocenters. The van der Waals surface area contributed by atoms with E-state index in [1.807, 2.05) is 0 Å². The van der Waals surface area contributed by atoms with Gasteiger partial charge >= 0.3 is 0 Å². The van der Waals surface area contributed by atoms with Gasteiger partial charge in [-0.1, -0.05) is 13.8 Å². The second-order valence-corrected chi connectivity index (χ2v) is 7.84. The quantitative estimate of drug-likeness (QED) is 0.846. The van der Waals surface area contributed by atoms with Gasteiger partial charge in [0.2, 0.25) is 0 Å². The third-order valence-corrected chi connectivity index (χ3v) is 6.28. The van der Waals surface area contributed by atoms with Gasteiger partial charge in [-0.3, -0.25) is 0 Å². The van der Waals surface area contributed by atoms with Crippen molar-refractivity contribution >= 4 is 0 Å². The Morgan fingerprint density at radius 3 is 2.40 bits per heavy atom. The number of rotatable bonds is 2. The average Bonchev–Trinajstić information content (AvgIpc) is 2.87. The standard InChI is InChI=1S/C17H31NO2/c1-13(2)14-3-6-17(18,7-4-14)15-5-9-20-16(11-15)8-10-19-12-16/h13-15H,3-12,18H2,1-2H3. The highest BCUT2D eigenvalue weighted by atomic mass is 16.6. The Morgan fingerprint density at radius 1 is 1.05 bits per heavy atom. The van der Waals surface area contributed by atoms with E-state index in [9.17, 15) is 0 Å². The van der Waals surface area contributed by atoms with Crippen LogP contribution in [0.25, 0.3) is 0 Å². The van der Waals surface area contributed by atoms with Crippen LogP contribution in [0.2, 0.25) is 0 Å². The van der Waals surface area contributed by atoms with Crippen LogP contribution in [0.5, 0.6) is 0 Å². The second-order valence-electron chi connectivity index (χ2n) is 7.84. The van der Waals surface area contributed by atoms with Crippen LogP contribution in [0.15, 0.2) is 0 Å². The van der Waals surface area contributed by atoms with Crippen LogP contribution in [-0.4, -0.2) is 31.0 Å². The summed E-state index contributed by atoms with van der Waals surface area (Å²) in [4.78, 5) is 0. The summed E-state index contributed by atoms with van der Waals surface area (Å²) in [5.41, 5.74) is 6.92. The molecule has 2 unspecified atom stereocenters. The molecule has 3 rings (SSSR count). The van der Waals surface area contributed by atoms with Crippen molar-refractivity contribution in [1.29, 1.82) is 0 Å². The minimum atomic E-state index is 0.00415. The first-order valence-corrected chi connectivity index (χ1v) is 8.54. The van der Waals surface area contributed by atoms with Crippen LogP contribution in [0.3, 0.4) is 0 Å². The van der Waals surface area contributed by atoms with Crippen LogP contribution >= 0.6 is 0 Å². The van der Waals surface area contributed by atoms with E-state index in [4.69, 9.17) is 15.2 Å². The molecule has 0 aromatic heterocycles. The van der Waals surface area contributed by atoms with Crippen molar-refractivity contribution in [2.75, 3.05) is 19.8 Å². The van der Waals surface area contributed by atoms with Crippen molar-refractivity contribution in [3.63, 3.8) is 0 Å². The van der Waals surface area contributed by atoms with E-state index in [-0.39, 0.29) is 11.1 Å². The maximum atomic E-state index is 6.85. The van der Waals surface area contributed by atoms with E-state index in [2.05, 4.69) is 13.8 Å². The fourth-order valence-corrected chi connectivity index (χ4v) is 4.63. The lowest BCUT2D eigenvalue weighted by molar-refractivity contribution is -0.113. The van der Waals surface area contributed by atoms with Crippen LogP contribution < -0.4 is 5.73 Å². The predicted octanol–water partition coefficient (Wildman–Crippen LogP) is 3.12. The molecule has 1 saturated carbocycles. The molecular formula is C17H31NO2. The molecule has 2 heterocycles. The lowest BCUT2D eigenvalue weighted by atomic mass is 9.64. The van der Waals surface area contributed by atoms with E-state index < -0.39 is 0 Å². The van der Waals surface area contributed by atoms with Gasteiger partial charge in [-0.2, -0.15) is 0 Å². The Hall–Kier alpha value is -0.120. The van der Waals surface area contributed by atoms with Crippen LogP contribution in [0.4, 0.5) is 0 Å². The third kappa shape index (κ3) is 2.77. The zero-order valence-electron chi connectivity index (χ0n) is 13.2. The van der Waals surface area contributed by atoms with Crippen LogP contribution in [-0.2, 0) is 9.47 Å². The zero-order valence-corrected chi connectivity index (χ0v) is 13.2.